The molecular weight excluding hydrogens is 209 g/mol. The molecule has 1 aromatic carbocycles. The van der Waals surface area contributed by atoms with Crippen LogP contribution in [0.5, 0.6) is 5.75 Å². The number of ether oxygens (including phenoxy) is 1. The molecule has 1 N–H and O–H groups in total. The van der Waals surface area contributed by atoms with Crippen LogP contribution in [0.15, 0.2) is 24.3 Å². The van der Waals surface area contributed by atoms with E-state index < -0.39 is 0 Å². The molecule has 0 spiro atoms. The van der Waals surface area contributed by atoms with Gasteiger partial charge in [0.1, 0.15) is 18.2 Å². The average Bonchev–Trinajstić information content (AvgIpc) is 2.24. The summed E-state index contributed by atoms with van der Waals surface area (Å²) in [6.07, 6.45) is 0. The van der Waals surface area contributed by atoms with Gasteiger partial charge in [-0.2, -0.15) is 0 Å². The maximum absolute atomic E-state index is 12.8. The van der Waals surface area contributed by atoms with Crippen molar-refractivity contribution in [2.24, 2.45) is 5.92 Å². The highest BCUT2D eigenvalue weighted by atomic mass is 19.1. The largest absolute Gasteiger partial charge is 0.492 e. The third-order valence-electron chi connectivity index (χ3n) is 1.99. The number of nitrogens with one attached hydrogen (secondary N) is 1. The Balaban J connectivity index is 2.23. The van der Waals surface area contributed by atoms with Gasteiger partial charge in [-0.1, -0.05) is 19.9 Å². The summed E-state index contributed by atoms with van der Waals surface area (Å²) in [6.45, 7) is 4.40. The molecule has 0 fully saturated rings. The van der Waals surface area contributed by atoms with Crippen LogP contribution < -0.4 is 10.1 Å². The molecule has 88 valence electrons. The first kappa shape index (κ1) is 12.5. The summed E-state index contributed by atoms with van der Waals surface area (Å²) in [5.74, 6) is 0.0968. The number of rotatable bonds is 5. The van der Waals surface area contributed by atoms with E-state index in [0.717, 1.165) is 0 Å². The van der Waals surface area contributed by atoms with Crippen molar-refractivity contribution in [2.75, 3.05) is 13.2 Å². The normalized spacial score (nSPS) is 10.2. The molecule has 16 heavy (non-hydrogen) atoms. The summed E-state index contributed by atoms with van der Waals surface area (Å²) in [5.41, 5.74) is 0. The predicted molar refractivity (Wildman–Crippen MR) is 59.7 cm³/mol. The monoisotopic (exact) mass is 225 g/mol. The van der Waals surface area contributed by atoms with Crippen LogP contribution in [-0.2, 0) is 4.79 Å². The number of amides is 1. The Morgan fingerprint density at radius 1 is 1.50 bits per heavy atom. The van der Waals surface area contributed by atoms with Gasteiger partial charge in [-0.25, -0.2) is 4.39 Å². The zero-order valence-electron chi connectivity index (χ0n) is 9.50. The first-order valence-corrected chi connectivity index (χ1v) is 5.25. The zero-order valence-corrected chi connectivity index (χ0v) is 9.50. The Morgan fingerprint density at radius 2 is 2.25 bits per heavy atom. The van der Waals surface area contributed by atoms with Gasteiger partial charge in [-0.15, -0.1) is 0 Å². The number of halogens is 1. The van der Waals surface area contributed by atoms with Crippen LogP contribution in [0.1, 0.15) is 13.8 Å². The minimum absolute atomic E-state index is 0.0113. The molecule has 0 unspecified atom stereocenters. The van der Waals surface area contributed by atoms with E-state index in [4.69, 9.17) is 4.74 Å². The first-order chi connectivity index (χ1) is 7.59. The summed E-state index contributed by atoms with van der Waals surface area (Å²) in [6, 6.07) is 5.92. The molecule has 4 heteroatoms. The Hall–Kier alpha value is -1.58. The van der Waals surface area contributed by atoms with Gasteiger partial charge >= 0.3 is 0 Å². The third-order valence-corrected chi connectivity index (χ3v) is 1.99. The molecular formula is C12H16FNO2. The number of carbonyl (C=O) groups is 1. The van der Waals surface area contributed by atoms with Crippen molar-refractivity contribution in [3.05, 3.63) is 30.1 Å². The fourth-order valence-corrected chi connectivity index (χ4v) is 1.10. The van der Waals surface area contributed by atoms with Gasteiger partial charge in [0.05, 0.1) is 6.54 Å². The molecule has 0 saturated heterocycles. The van der Waals surface area contributed by atoms with Gasteiger partial charge in [-0.3, -0.25) is 4.79 Å². The molecule has 3 nitrogen and oxygen atoms in total. The molecule has 0 atom stereocenters. The number of carbonyl (C=O) groups excluding carboxylic acids is 1. The van der Waals surface area contributed by atoms with Crippen molar-refractivity contribution < 1.29 is 13.9 Å². The maximum Gasteiger partial charge on any atom is 0.222 e. The van der Waals surface area contributed by atoms with Crippen LogP contribution in [-0.4, -0.2) is 19.1 Å². The van der Waals surface area contributed by atoms with E-state index >= 15 is 0 Å². The summed E-state index contributed by atoms with van der Waals surface area (Å²) in [4.78, 5) is 11.2. The predicted octanol–water partition coefficient (Wildman–Crippen LogP) is 1.98. The van der Waals surface area contributed by atoms with E-state index in [0.29, 0.717) is 18.9 Å². The van der Waals surface area contributed by atoms with Gasteiger partial charge < -0.3 is 10.1 Å². The van der Waals surface area contributed by atoms with E-state index in [9.17, 15) is 9.18 Å². The lowest BCUT2D eigenvalue weighted by Crippen LogP contribution is -2.31. The molecule has 0 aliphatic rings. The fraction of sp³-hybridized carbons (Fsp3) is 0.417. The van der Waals surface area contributed by atoms with Crippen molar-refractivity contribution in [3.63, 3.8) is 0 Å². The topological polar surface area (TPSA) is 38.3 Å². The van der Waals surface area contributed by atoms with Crippen molar-refractivity contribution in [1.29, 1.82) is 0 Å². The Kier molecular flexibility index (Phi) is 4.76. The maximum atomic E-state index is 12.8. The summed E-state index contributed by atoms with van der Waals surface area (Å²) >= 11 is 0. The van der Waals surface area contributed by atoms with E-state index in [-0.39, 0.29) is 17.6 Å². The second-order valence-electron chi connectivity index (χ2n) is 3.75. The van der Waals surface area contributed by atoms with E-state index in [1.165, 1.54) is 12.1 Å². The zero-order chi connectivity index (χ0) is 12.0. The second kappa shape index (κ2) is 6.10. The Labute approximate surface area is 94.6 Å². The van der Waals surface area contributed by atoms with Crippen LogP contribution in [0.3, 0.4) is 0 Å². The third kappa shape index (κ3) is 4.29. The SMILES string of the molecule is CC(C)C(=O)NCCOc1cccc(F)c1. The standard InChI is InChI=1S/C12H16FNO2/c1-9(2)12(15)14-6-7-16-11-5-3-4-10(13)8-11/h3-5,8-9H,6-7H2,1-2H3,(H,14,15). The molecule has 1 rings (SSSR count). The molecule has 0 aliphatic carbocycles. The van der Waals surface area contributed by atoms with Gasteiger partial charge in [0.2, 0.25) is 5.91 Å². The summed E-state index contributed by atoms with van der Waals surface area (Å²) < 4.78 is 18.0. The Bertz CT molecular complexity index is 353. The lowest BCUT2D eigenvalue weighted by Gasteiger charge is -2.09. The highest BCUT2D eigenvalue weighted by molar-refractivity contribution is 5.77. The molecule has 1 amide bonds. The van der Waals surface area contributed by atoms with Crippen LogP contribution in [0.25, 0.3) is 0 Å². The van der Waals surface area contributed by atoms with E-state index in [2.05, 4.69) is 5.32 Å². The van der Waals surface area contributed by atoms with Crippen LogP contribution >= 0.6 is 0 Å². The van der Waals surface area contributed by atoms with Crippen LogP contribution in [0.4, 0.5) is 4.39 Å². The lowest BCUT2D eigenvalue weighted by molar-refractivity contribution is -0.124. The van der Waals surface area contributed by atoms with E-state index in [1.807, 2.05) is 13.8 Å². The van der Waals surface area contributed by atoms with Crippen molar-refractivity contribution in [1.82, 2.24) is 5.32 Å². The molecule has 0 bridgehead atoms. The van der Waals surface area contributed by atoms with Gasteiger partial charge in [0, 0.05) is 12.0 Å². The van der Waals surface area contributed by atoms with Gasteiger partial charge in [0.25, 0.3) is 0 Å². The highest BCUT2D eigenvalue weighted by Gasteiger charge is 2.04. The minimum Gasteiger partial charge on any atom is -0.492 e. The summed E-state index contributed by atoms with van der Waals surface area (Å²) in [7, 11) is 0. The minimum atomic E-state index is -0.330. The van der Waals surface area contributed by atoms with Crippen molar-refractivity contribution in [2.45, 2.75) is 13.8 Å². The van der Waals surface area contributed by atoms with Crippen LogP contribution in [0, 0.1) is 11.7 Å². The molecule has 0 heterocycles. The second-order valence-corrected chi connectivity index (χ2v) is 3.75. The molecule has 0 radical (unpaired) electrons. The van der Waals surface area contributed by atoms with Crippen molar-refractivity contribution >= 4 is 5.91 Å². The number of benzene rings is 1. The number of hydrogen-bond donors (Lipinski definition) is 1. The lowest BCUT2D eigenvalue weighted by atomic mass is 10.2. The number of hydrogen-bond acceptors (Lipinski definition) is 2. The van der Waals surface area contributed by atoms with Crippen molar-refractivity contribution in [3.8, 4) is 5.75 Å². The van der Waals surface area contributed by atoms with Crippen LogP contribution in [0.2, 0.25) is 0 Å². The molecule has 0 aromatic heterocycles. The Morgan fingerprint density at radius 3 is 2.88 bits per heavy atom. The van der Waals surface area contributed by atoms with Gasteiger partial charge in [0.15, 0.2) is 0 Å². The first-order valence-electron chi connectivity index (χ1n) is 5.25. The van der Waals surface area contributed by atoms with E-state index in [1.54, 1.807) is 12.1 Å². The highest BCUT2D eigenvalue weighted by Crippen LogP contribution is 2.11. The fourth-order valence-electron chi connectivity index (χ4n) is 1.10. The quantitative estimate of drug-likeness (QED) is 0.778. The average molecular weight is 225 g/mol. The summed E-state index contributed by atoms with van der Waals surface area (Å²) in [5, 5.41) is 2.71. The molecule has 0 saturated carbocycles. The smallest absolute Gasteiger partial charge is 0.222 e. The van der Waals surface area contributed by atoms with Gasteiger partial charge in [-0.05, 0) is 12.1 Å². The molecule has 1 aromatic rings. The molecule has 0 aliphatic heterocycles.